The molecule has 3 saturated carbocycles. The van der Waals surface area contributed by atoms with Gasteiger partial charge in [-0.1, -0.05) is 31.1 Å². The van der Waals surface area contributed by atoms with E-state index >= 15 is 0 Å². The first-order valence-electron chi connectivity index (χ1n) is 13.0. The largest absolute Gasteiger partial charge is 1.00 e. The Kier molecular flexibility index (Phi) is 8.88. The number of carbonyl (C=O) groups excluding carboxylic acids is 1. The molecule has 0 aromatic carbocycles. The van der Waals surface area contributed by atoms with E-state index < -0.39 is 28.2 Å². The molecule has 0 aromatic rings. The molecule has 0 spiro atoms. The molecule has 0 heterocycles. The Morgan fingerprint density at radius 1 is 1.22 bits per heavy atom. The minimum atomic E-state index is -4.78. The average Bonchev–Trinajstić information content (AvgIpc) is 3.05. The van der Waals surface area contributed by atoms with Crippen molar-refractivity contribution in [2.24, 2.45) is 34.5 Å². The van der Waals surface area contributed by atoms with E-state index in [1.807, 2.05) is 13.8 Å². The van der Waals surface area contributed by atoms with Crippen molar-refractivity contribution in [3.63, 3.8) is 0 Å². The van der Waals surface area contributed by atoms with Gasteiger partial charge in [0, 0.05) is 6.42 Å². The first-order valence-corrected chi connectivity index (χ1v) is 14.3. The quantitative estimate of drug-likeness (QED) is 0.172. The van der Waals surface area contributed by atoms with Gasteiger partial charge in [-0.05, 0) is 106 Å². The number of fused-ring (bicyclic) bond motifs is 5. The van der Waals surface area contributed by atoms with Crippen molar-refractivity contribution in [3.05, 3.63) is 23.3 Å². The number of allylic oxidation sites excluding steroid dienone is 4. The molecule has 9 atom stereocenters. The number of aliphatic hydroxyl groups is 2. The van der Waals surface area contributed by atoms with E-state index in [0.717, 1.165) is 24.8 Å². The van der Waals surface area contributed by atoms with Crippen molar-refractivity contribution in [3.8, 4) is 0 Å². The van der Waals surface area contributed by atoms with Crippen molar-refractivity contribution >= 4 is 16.2 Å². The number of hydrogen-bond acceptors (Lipinski definition) is 7. The van der Waals surface area contributed by atoms with Crippen LogP contribution in [0.4, 0.5) is 0 Å². The molecule has 9 heteroatoms. The molecule has 36 heavy (non-hydrogen) atoms. The smallest absolute Gasteiger partial charge is 0.726 e. The minimum absolute atomic E-state index is 0. The van der Waals surface area contributed by atoms with E-state index in [-0.39, 0.29) is 70.3 Å². The Bertz CT molecular complexity index is 1030. The molecule has 4 aliphatic rings. The van der Waals surface area contributed by atoms with Gasteiger partial charge in [0.25, 0.3) is 0 Å². The van der Waals surface area contributed by atoms with Crippen LogP contribution in [0.15, 0.2) is 23.3 Å². The molecule has 4 rings (SSSR count). The zero-order valence-corrected chi connectivity index (χ0v) is 25.4. The van der Waals surface area contributed by atoms with Gasteiger partial charge in [0.15, 0.2) is 5.78 Å². The molecule has 0 aromatic heterocycles. The molecule has 0 radical (unpaired) electrons. The SMILES string of the molecule is CC(C)=CC(=O)C[C@](C)(O)[C@H]1CC[C@H]2[C@@H]3C[C@H](O)C4C[C@@H](OS(=O)(=O)[O-])CC[C@]4(C)C3=CC[C@@]21C.[Na+]. The summed E-state index contributed by atoms with van der Waals surface area (Å²) in [5.41, 5.74) is 0.744. The summed E-state index contributed by atoms with van der Waals surface area (Å²) >= 11 is 0. The standard InChI is InChI=1S/C27H42O7S.Na/c1-16(2)12-17(28)15-27(5,30)24-7-6-20-19-14-23(29)22-13-18(34-35(31,32)33)8-10-25(22,3)21(19)9-11-26(20,24)4;/h9,12,18-20,22-24,29-30H,6-8,10-11,13-15H2,1-5H3,(H,31,32,33);/q;+1/p-1/t18-,19-,20-,22?,23-,24-,25+,26-,27-;/m0./s1. The van der Waals surface area contributed by atoms with Crippen molar-refractivity contribution in [2.75, 3.05) is 0 Å². The Morgan fingerprint density at radius 2 is 1.89 bits per heavy atom. The fraction of sp³-hybridized carbons (Fsp3) is 0.815. The van der Waals surface area contributed by atoms with Crippen LogP contribution in [0.2, 0.25) is 0 Å². The maximum atomic E-state index is 12.5. The number of carbonyl (C=O) groups is 1. The number of hydrogen-bond donors (Lipinski definition) is 2. The molecule has 0 amide bonds. The van der Waals surface area contributed by atoms with Gasteiger partial charge in [0.1, 0.15) is 0 Å². The summed E-state index contributed by atoms with van der Waals surface area (Å²) in [6.45, 7) is 9.99. The summed E-state index contributed by atoms with van der Waals surface area (Å²) in [5.74, 6) is 0.288. The van der Waals surface area contributed by atoms with Crippen LogP contribution in [0.3, 0.4) is 0 Å². The molecule has 0 aliphatic heterocycles. The maximum absolute atomic E-state index is 12.5. The van der Waals surface area contributed by atoms with Gasteiger partial charge in [0.05, 0.1) is 17.8 Å². The summed E-state index contributed by atoms with van der Waals surface area (Å²) in [6.07, 6.45) is 7.44. The third-order valence-electron chi connectivity index (χ3n) is 9.98. The first-order chi connectivity index (χ1) is 16.1. The average molecular weight is 533 g/mol. The molecule has 0 bridgehead atoms. The van der Waals surface area contributed by atoms with E-state index in [9.17, 15) is 28.0 Å². The van der Waals surface area contributed by atoms with Crippen molar-refractivity contribution in [1.82, 2.24) is 0 Å². The van der Waals surface area contributed by atoms with Gasteiger partial charge in [-0.25, -0.2) is 8.42 Å². The predicted octanol–water partition coefficient (Wildman–Crippen LogP) is 1.06. The predicted molar refractivity (Wildman–Crippen MR) is 131 cm³/mol. The zero-order chi connectivity index (χ0) is 26.0. The van der Waals surface area contributed by atoms with Crippen molar-refractivity contribution < 1.29 is 61.7 Å². The molecule has 1 unspecified atom stereocenters. The third-order valence-corrected chi connectivity index (χ3v) is 10.5. The Hall–Kier alpha value is -0.0600. The van der Waals surface area contributed by atoms with E-state index in [1.54, 1.807) is 13.0 Å². The van der Waals surface area contributed by atoms with Crippen molar-refractivity contribution in [1.29, 1.82) is 0 Å². The van der Waals surface area contributed by atoms with E-state index in [1.165, 1.54) is 5.57 Å². The van der Waals surface area contributed by atoms with E-state index in [2.05, 4.69) is 19.9 Å². The topological polar surface area (TPSA) is 124 Å². The Balaban J connectivity index is 0.00000361. The normalized spacial score (nSPS) is 41.5. The van der Waals surface area contributed by atoms with Gasteiger partial charge in [-0.15, -0.1) is 0 Å². The van der Waals surface area contributed by atoms with Gasteiger partial charge in [-0.3, -0.25) is 8.98 Å². The third kappa shape index (κ3) is 5.62. The van der Waals surface area contributed by atoms with Crippen LogP contribution in [0, 0.1) is 34.5 Å². The number of ketones is 1. The fourth-order valence-corrected chi connectivity index (χ4v) is 9.17. The first kappa shape index (κ1) is 30.5. The molecule has 3 fully saturated rings. The van der Waals surface area contributed by atoms with E-state index in [0.29, 0.717) is 31.6 Å². The minimum Gasteiger partial charge on any atom is -0.726 e. The van der Waals surface area contributed by atoms with Gasteiger partial charge < -0.3 is 14.8 Å². The van der Waals surface area contributed by atoms with Gasteiger partial charge >= 0.3 is 29.6 Å². The second-order valence-corrected chi connectivity index (χ2v) is 13.7. The van der Waals surface area contributed by atoms with Crippen LogP contribution in [-0.2, 0) is 19.4 Å². The summed E-state index contributed by atoms with van der Waals surface area (Å²) in [5, 5.41) is 22.7. The molecular weight excluding hydrogens is 491 g/mol. The van der Waals surface area contributed by atoms with Crippen LogP contribution in [0.5, 0.6) is 0 Å². The van der Waals surface area contributed by atoms with Crippen LogP contribution in [0.25, 0.3) is 0 Å². The fourth-order valence-electron chi connectivity index (χ4n) is 8.66. The summed E-state index contributed by atoms with van der Waals surface area (Å²) in [4.78, 5) is 12.5. The second kappa shape index (κ2) is 10.5. The molecule has 198 valence electrons. The molecule has 2 N–H and O–H groups in total. The van der Waals surface area contributed by atoms with Crippen LogP contribution >= 0.6 is 0 Å². The summed E-state index contributed by atoms with van der Waals surface area (Å²) in [6, 6.07) is 0. The number of rotatable bonds is 6. The van der Waals surface area contributed by atoms with Gasteiger partial charge in [0.2, 0.25) is 10.4 Å². The van der Waals surface area contributed by atoms with Crippen LogP contribution in [-0.4, -0.2) is 46.8 Å². The summed E-state index contributed by atoms with van der Waals surface area (Å²) < 4.78 is 38.2. The number of aliphatic hydroxyl groups excluding tert-OH is 1. The second-order valence-electron chi connectivity index (χ2n) is 12.7. The monoisotopic (exact) mass is 532 g/mol. The summed E-state index contributed by atoms with van der Waals surface area (Å²) in [7, 11) is -4.78. The Labute approximate surface area is 238 Å². The maximum Gasteiger partial charge on any atom is 1.00 e. The van der Waals surface area contributed by atoms with Crippen molar-refractivity contribution in [2.45, 2.75) is 104 Å². The van der Waals surface area contributed by atoms with Gasteiger partial charge in [-0.2, -0.15) is 0 Å². The van der Waals surface area contributed by atoms with Crippen LogP contribution < -0.4 is 29.6 Å². The molecule has 0 saturated heterocycles. The molecule has 4 aliphatic carbocycles. The zero-order valence-electron chi connectivity index (χ0n) is 22.6. The van der Waals surface area contributed by atoms with Crippen LogP contribution in [0.1, 0.15) is 86.0 Å². The Morgan fingerprint density at radius 3 is 2.50 bits per heavy atom. The molecule has 7 nitrogen and oxygen atoms in total. The van der Waals surface area contributed by atoms with E-state index in [4.69, 9.17) is 4.18 Å². The molecular formula is C27H41NaO7S.